The number of benzene rings is 1. The van der Waals surface area contributed by atoms with Crippen LogP contribution in [0.1, 0.15) is 49.4 Å². The van der Waals surface area contributed by atoms with Crippen molar-refractivity contribution in [3.05, 3.63) is 51.4 Å². The van der Waals surface area contributed by atoms with Gasteiger partial charge in [0, 0.05) is 35.4 Å². The smallest absolute Gasteiger partial charge is 0.0751 e. The Morgan fingerprint density at radius 2 is 1.94 bits per heavy atom. The van der Waals surface area contributed by atoms with E-state index >= 15 is 0 Å². The van der Waals surface area contributed by atoms with Gasteiger partial charge in [-0.3, -0.25) is 15.2 Å². The highest BCUT2D eigenvalue weighted by atomic mass is 127. The average Bonchev–Trinajstić information content (AvgIpc) is 3.43. The third kappa shape index (κ3) is 3.64. The number of hydrogen-bond acceptors (Lipinski definition) is 5. The molecule has 4 aliphatic rings. The highest BCUT2D eigenvalue weighted by Gasteiger charge is 2.34. The Morgan fingerprint density at radius 1 is 1.03 bits per heavy atom. The number of nitrogens with one attached hydrogen (secondary N) is 2. The quantitative estimate of drug-likeness (QED) is 0.568. The number of fused-ring (bicyclic) bond motifs is 2. The third-order valence-corrected chi connectivity index (χ3v) is 12.5. The SMILES string of the molecule is C=I1=C(C2CCC[C@@H](c3ncccc3C)N2)Nc2c(N3CCN4CCCC4C3)cccc21. The zero-order valence-electron chi connectivity index (χ0n) is 19.0. The normalized spacial score (nSPS) is 28.5. The fraction of sp³-hybridized carbons (Fsp3) is 0.500. The van der Waals surface area contributed by atoms with E-state index in [9.17, 15) is 0 Å². The highest BCUT2D eigenvalue weighted by molar-refractivity contribution is 14.2. The summed E-state index contributed by atoms with van der Waals surface area (Å²) in [7, 11) is 0. The molecule has 0 radical (unpaired) electrons. The summed E-state index contributed by atoms with van der Waals surface area (Å²) >= 11 is -1.65. The van der Waals surface area contributed by atoms with Crippen molar-refractivity contribution in [3.8, 4) is 0 Å². The molecular formula is C26H34IN5. The molecule has 170 valence electrons. The van der Waals surface area contributed by atoms with E-state index in [-0.39, 0.29) is 0 Å². The van der Waals surface area contributed by atoms with E-state index in [0.717, 1.165) is 19.0 Å². The molecule has 6 heteroatoms. The number of piperazine rings is 1. The van der Waals surface area contributed by atoms with Crippen LogP contribution in [0.2, 0.25) is 0 Å². The second-order valence-corrected chi connectivity index (χ2v) is 14.0. The van der Waals surface area contributed by atoms with E-state index in [4.69, 9.17) is 9.50 Å². The number of para-hydroxylation sites is 1. The summed E-state index contributed by atoms with van der Waals surface area (Å²) in [6.07, 6.45) is 8.24. The van der Waals surface area contributed by atoms with Gasteiger partial charge in [-0.15, -0.1) is 0 Å². The van der Waals surface area contributed by atoms with Crippen LogP contribution >= 0.6 is 18.9 Å². The van der Waals surface area contributed by atoms with E-state index < -0.39 is 18.9 Å². The van der Waals surface area contributed by atoms with Crippen LogP contribution in [-0.4, -0.2) is 56.3 Å². The van der Waals surface area contributed by atoms with Crippen molar-refractivity contribution in [3.63, 3.8) is 0 Å². The van der Waals surface area contributed by atoms with Crippen LogP contribution in [0, 0.1) is 10.5 Å². The number of aromatic nitrogens is 1. The first kappa shape index (κ1) is 20.9. The van der Waals surface area contributed by atoms with Crippen LogP contribution in [0.15, 0.2) is 36.5 Å². The molecule has 5 heterocycles. The molecule has 4 aliphatic heterocycles. The van der Waals surface area contributed by atoms with Gasteiger partial charge in [0.25, 0.3) is 0 Å². The Bertz CT molecular complexity index is 1110. The van der Waals surface area contributed by atoms with Gasteiger partial charge >= 0.3 is 0 Å². The van der Waals surface area contributed by atoms with Crippen molar-refractivity contribution in [1.29, 1.82) is 0 Å². The number of halogens is 1. The van der Waals surface area contributed by atoms with Crippen LogP contribution in [0.25, 0.3) is 0 Å². The zero-order valence-corrected chi connectivity index (χ0v) is 21.1. The molecule has 0 amide bonds. The van der Waals surface area contributed by atoms with Crippen LogP contribution < -0.4 is 15.5 Å². The van der Waals surface area contributed by atoms with Gasteiger partial charge < -0.3 is 10.2 Å². The molecular weight excluding hydrogens is 509 g/mol. The molecule has 0 bridgehead atoms. The molecule has 0 aliphatic carbocycles. The first-order chi connectivity index (χ1) is 15.7. The predicted molar refractivity (Wildman–Crippen MR) is 144 cm³/mol. The van der Waals surface area contributed by atoms with Gasteiger partial charge in [0.05, 0.1) is 32.8 Å². The maximum Gasteiger partial charge on any atom is 0.0751 e. The molecule has 6 rings (SSSR count). The number of anilines is 2. The third-order valence-electron chi connectivity index (χ3n) is 7.73. The zero-order chi connectivity index (χ0) is 21.7. The molecule has 1 aromatic carbocycles. The molecule has 2 N–H and O–H groups in total. The minimum Gasteiger partial charge on any atom is -0.367 e. The summed E-state index contributed by atoms with van der Waals surface area (Å²) in [5.74, 6) is 0. The lowest BCUT2D eigenvalue weighted by Gasteiger charge is -2.39. The molecule has 3 fully saturated rings. The minimum atomic E-state index is -1.65. The van der Waals surface area contributed by atoms with Gasteiger partial charge in [0.1, 0.15) is 0 Å². The van der Waals surface area contributed by atoms with Crippen molar-refractivity contribution < 1.29 is 0 Å². The Morgan fingerprint density at radius 3 is 2.84 bits per heavy atom. The molecule has 3 saturated heterocycles. The molecule has 2 unspecified atom stereocenters. The Labute approximate surface area is 198 Å². The van der Waals surface area contributed by atoms with Crippen LogP contribution in [0.4, 0.5) is 11.4 Å². The van der Waals surface area contributed by atoms with Gasteiger partial charge in [0.15, 0.2) is 0 Å². The largest absolute Gasteiger partial charge is 0.367 e. The van der Waals surface area contributed by atoms with Crippen molar-refractivity contribution >= 4 is 38.4 Å². The van der Waals surface area contributed by atoms with Crippen molar-refractivity contribution in [1.82, 2.24) is 15.2 Å². The molecule has 32 heavy (non-hydrogen) atoms. The van der Waals surface area contributed by atoms with Crippen LogP contribution in [0.3, 0.4) is 0 Å². The first-order valence-corrected chi connectivity index (χ1v) is 15.8. The Balaban J connectivity index is 1.25. The van der Waals surface area contributed by atoms with Gasteiger partial charge in [-0.25, -0.2) is 0 Å². The number of hydrogen-bond donors (Lipinski definition) is 2. The van der Waals surface area contributed by atoms with Crippen molar-refractivity contribution in [2.24, 2.45) is 0 Å². The first-order valence-electron chi connectivity index (χ1n) is 12.1. The molecule has 0 saturated carbocycles. The summed E-state index contributed by atoms with van der Waals surface area (Å²) in [5.41, 5.74) is 5.28. The Hall–Kier alpha value is -1.64. The summed E-state index contributed by atoms with van der Waals surface area (Å²) in [4.78, 5) is 10.0. The summed E-state index contributed by atoms with van der Waals surface area (Å²) < 4.78 is 7.77. The van der Waals surface area contributed by atoms with Gasteiger partial charge in [-0.05, 0) is 69.3 Å². The fourth-order valence-corrected chi connectivity index (χ4v) is 10.4. The lowest BCUT2D eigenvalue weighted by molar-refractivity contribution is 0.231. The standard InChI is InChI=1S/C26H34IN5/c1-18-7-5-13-28-24(18)21-10-4-11-22(29-21)26-27(2)20-9-3-12-23(25(20)30-26)32-16-15-31-14-6-8-19(31)17-32/h3,5,7,9,12-13,19,21-22,29-30H,2,4,6,8,10-11,14-17H2,1H3/t19?,21-,22?/m0/s1. The maximum atomic E-state index is 4.76. The lowest BCUT2D eigenvalue weighted by Crippen LogP contribution is -2.50. The van der Waals surface area contributed by atoms with Gasteiger partial charge in [-0.1, -0.05) is 35.5 Å². The van der Waals surface area contributed by atoms with E-state index in [1.165, 1.54) is 75.2 Å². The molecule has 1 aromatic heterocycles. The molecule has 2 aromatic rings. The van der Waals surface area contributed by atoms with Crippen molar-refractivity contribution in [2.75, 3.05) is 36.4 Å². The predicted octanol–water partition coefficient (Wildman–Crippen LogP) is 4.22. The topological polar surface area (TPSA) is 43.4 Å². The average molecular weight is 543 g/mol. The summed E-state index contributed by atoms with van der Waals surface area (Å²) in [6, 6.07) is 12.6. The number of nitrogens with zero attached hydrogens (tertiary/aromatic N) is 3. The van der Waals surface area contributed by atoms with E-state index in [0.29, 0.717) is 12.1 Å². The minimum absolute atomic E-state index is 0.340. The molecule has 0 spiro atoms. The van der Waals surface area contributed by atoms with Crippen molar-refractivity contribution in [2.45, 2.75) is 57.2 Å². The summed E-state index contributed by atoms with van der Waals surface area (Å²) in [5, 5.41) is 7.92. The Kier molecular flexibility index (Phi) is 5.63. The van der Waals surface area contributed by atoms with E-state index in [1.54, 1.807) is 0 Å². The summed E-state index contributed by atoms with van der Waals surface area (Å²) in [6.45, 7) is 6.98. The van der Waals surface area contributed by atoms with E-state index in [1.807, 2.05) is 12.3 Å². The van der Waals surface area contributed by atoms with Crippen LogP contribution in [0.5, 0.6) is 0 Å². The molecule has 3 atom stereocenters. The highest BCUT2D eigenvalue weighted by Crippen LogP contribution is 2.43. The van der Waals surface area contributed by atoms with Gasteiger partial charge in [0.2, 0.25) is 0 Å². The second-order valence-electron chi connectivity index (χ2n) is 9.65. The van der Waals surface area contributed by atoms with Crippen LogP contribution in [-0.2, 0) is 0 Å². The lowest BCUT2D eigenvalue weighted by atomic mass is 9.94. The van der Waals surface area contributed by atoms with E-state index in [2.05, 4.69) is 51.6 Å². The van der Waals surface area contributed by atoms with Gasteiger partial charge in [-0.2, -0.15) is 0 Å². The number of rotatable bonds is 3. The monoisotopic (exact) mass is 543 g/mol. The molecule has 5 nitrogen and oxygen atoms in total. The number of piperidine rings is 1. The number of aryl methyl sites for hydroxylation is 1. The maximum absolute atomic E-state index is 4.76. The second kappa shape index (κ2) is 8.61. The fourth-order valence-electron chi connectivity index (χ4n) is 6.05. The number of pyridine rings is 1.